The Balaban J connectivity index is 1.42. The topological polar surface area (TPSA) is 160 Å². The summed E-state index contributed by atoms with van der Waals surface area (Å²) in [4.78, 5) is 45.9. The predicted molar refractivity (Wildman–Crippen MR) is 158 cm³/mol. The smallest absolute Gasteiger partial charge is 0.233 e. The second-order valence-electron chi connectivity index (χ2n) is 11.1. The molecule has 3 aliphatic rings. The maximum Gasteiger partial charge on any atom is 0.233 e. The summed E-state index contributed by atoms with van der Waals surface area (Å²) in [6.45, 7) is 0.952. The summed E-state index contributed by atoms with van der Waals surface area (Å²) in [6.07, 6.45) is 0.548. The summed E-state index contributed by atoms with van der Waals surface area (Å²) in [7, 11) is 0. The van der Waals surface area contributed by atoms with E-state index in [1.165, 1.54) is 0 Å². The van der Waals surface area contributed by atoms with Gasteiger partial charge >= 0.3 is 0 Å². The highest BCUT2D eigenvalue weighted by Crippen LogP contribution is 2.43. The number of aliphatic hydroxyl groups is 3. The number of hydrogen-bond donors (Lipinski definition) is 6. The fourth-order valence-electron chi connectivity index (χ4n) is 6.48. The molecule has 7 rings (SSSR count). The molecule has 6 N–H and O–H groups in total. The first kappa shape index (κ1) is 26.3. The Morgan fingerprint density at radius 1 is 0.738 bits per heavy atom. The molecule has 10 heteroatoms. The molecule has 0 saturated heterocycles. The highest BCUT2D eigenvalue weighted by molar-refractivity contribution is 6.72. The first-order valence-corrected chi connectivity index (χ1v) is 13.8. The van der Waals surface area contributed by atoms with E-state index in [1.807, 2.05) is 13.0 Å². The number of carbonyl (C=O) groups is 3. The summed E-state index contributed by atoms with van der Waals surface area (Å²) < 4.78 is 0. The fourth-order valence-corrected chi connectivity index (χ4v) is 6.48. The van der Waals surface area contributed by atoms with Gasteiger partial charge < -0.3 is 31.3 Å². The SMILES string of the molecule is CCC1(CO)N=c2ccc(=C3C(=O)C(=O)C(c4ccc5c6c(cccc46)NC(CO)(CO)N5)C3=O)c3cccc(c23)N1. The third-order valence-corrected chi connectivity index (χ3v) is 8.73. The largest absolute Gasteiger partial charge is 0.392 e. The predicted octanol–water partition coefficient (Wildman–Crippen LogP) is 1.31. The van der Waals surface area contributed by atoms with Gasteiger partial charge in [0.1, 0.15) is 5.92 Å². The van der Waals surface area contributed by atoms with Crippen LogP contribution in [0.4, 0.5) is 17.1 Å². The van der Waals surface area contributed by atoms with Crippen LogP contribution in [0.1, 0.15) is 24.8 Å². The molecule has 0 amide bonds. The molecule has 42 heavy (non-hydrogen) atoms. The van der Waals surface area contributed by atoms with Crippen molar-refractivity contribution in [1.29, 1.82) is 0 Å². The fraction of sp³-hybridized carbons (Fsp3) is 0.250. The molecule has 0 aromatic heterocycles. The van der Waals surface area contributed by atoms with Gasteiger partial charge in [-0.15, -0.1) is 0 Å². The third kappa shape index (κ3) is 3.49. The normalized spacial score (nSPS) is 23.4. The molecule has 4 aromatic carbocycles. The molecule has 10 nitrogen and oxygen atoms in total. The van der Waals surface area contributed by atoms with Crippen LogP contribution in [0.2, 0.25) is 0 Å². The van der Waals surface area contributed by atoms with E-state index in [2.05, 4.69) is 16.0 Å². The quantitative estimate of drug-likeness (QED) is 0.155. The van der Waals surface area contributed by atoms with Gasteiger partial charge in [0.2, 0.25) is 11.6 Å². The average molecular weight is 565 g/mol. The molecule has 2 unspecified atom stereocenters. The van der Waals surface area contributed by atoms with Gasteiger partial charge in [-0.05, 0) is 52.2 Å². The van der Waals surface area contributed by atoms with Crippen molar-refractivity contribution in [3.05, 3.63) is 76.8 Å². The zero-order valence-electron chi connectivity index (χ0n) is 22.7. The summed E-state index contributed by atoms with van der Waals surface area (Å²) in [5, 5.41) is 43.1. The molecule has 1 fully saturated rings. The maximum absolute atomic E-state index is 14.1. The second-order valence-corrected chi connectivity index (χ2v) is 11.1. The first-order chi connectivity index (χ1) is 20.3. The van der Waals surface area contributed by atoms with E-state index in [9.17, 15) is 29.7 Å². The molecule has 2 aliphatic heterocycles. The highest BCUT2D eigenvalue weighted by atomic mass is 16.3. The van der Waals surface area contributed by atoms with Crippen molar-refractivity contribution in [2.75, 3.05) is 35.8 Å². The van der Waals surface area contributed by atoms with Crippen molar-refractivity contribution in [2.45, 2.75) is 30.6 Å². The van der Waals surface area contributed by atoms with Crippen LogP contribution in [-0.4, -0.2) is 63.8 Å². The van der Waals surface area contributed by atoms with Crippen molar-refractivity contribution >= 4 is 61.5 Å². The van der Waals surface area contributed by atoms with Crippen molar-refractivity contribution in [2.24, 2.45) is 4.99 Å². The van der Waals surface area contributed by atoms with Crippen molar-refractivity contribution < 1.29 is 29.7 Å². The number of benzene rings is 4. The number of anilines is 3. The van der Waals surface area contributed by atoms with E-state index in [4.69, 9.17) is 4.99 Å². The van der Waals surface area contributed by atoms with E-state index in [1.54, 1.807) is 54.6 Å². The summed E-state index contributed by atoms with van der Waals surface area (Å²) >= 11 is 0. The molecular formula is C32H28N4O6. The minimum Gasteiger partial charge on any atom is -0.392 e. The lowest BCUT2D eigenvalue weighted by molar-refractivity contribution is -0.133. The Kier molecular flexibility index (Phi) is 5.74. The molecule has 212 valence electrons. The first-order valence-electron chi connectivity index (χ1n) is 13.8. The highest BCUT2D eigenvalue weighted by Gasteiger charge is 2.47. The van der Waals surface area contributed by atoms with Crippen LogP contribution >= 0.6 is 0 Å². The summed E-state index contributed by atoms with van der Waals surface area (Å²) in [6, 6.07) is 17.5. The van der Waals surface area contributed by atoms with Gasteiger partial charge in [-0.3, -0.25) is 19.4 Å². The standard InChI is InChI=1S/C32H28N4O6/c1-2-31(13-37)33-20-7-3-5-16-18(9-11-22(34-31)24(16)20)26-28(40)27(30(42)29(26)41)19-10-12-23-25-17(19)6-4-8-21(25)35-32(14-38,15-39)36-23/h3-12,27,33,35-39H,2,13-15H2,1H3. The van der Waals surface area contributed by atoms with Gasteiger partial charge in [-0.1, -0.05) is 43.3 Å². The Hall–Kier alpha value is -4.64. The molecule has 2 heterocycles. The summed E-state index contributed by atoms with van der Waals surface area (Å²) in [5.74, 6) is -3.50. The van der Waals surface area contributed by atoms with Crippen LogP contribution in [0, 0.1) is 0 Å². The van der Waals surface area contributed by atoms with Crippen LogP contribution in [0.5, 0.6) is 0 Å². The van der Waals surface area contributed by atoms with Gasteiger partial charge in [-0.25, -0.2) is 0 Å². The number of nitrogens with one attached hydrogen (secondary N) is 3. The van der Waals surface area contributed by atoms with E-state index < -0.39 is 34.6 Å². The lowest BCUT2D eigenvalue weighted by Gasteiger charge is -2.39. The average Bonchev–Trinajstić information content (AvgIpc) is 3.24. The number of carbonyl (C=O) groups excluding carboxylic acids is 3. The van der Waals surface area contributed by atoms with Crippen LogP contribution in [0.15, 0.2) is 65.7 Å². The molecular weight excluding hydrogens is 536 g/mol. The van der Waals surface area contributed by atoms with Crippen molar-refractivity contribution in [3.8, 4) is 0 Å². The molecule has 4 aromatic rings. The molecule has 0 radical (unpaired) electrons. The molecule has 0 spiro atoms. The van der Waals surface area contributed by atoms with Gasteiger partial charge in [0, 0.05) is 27.8 Å². The minimum absolute atomic E-state index is 0.153. The Bertz CT molecular complexity index is 1980. The number of aliphatic hydroxyl groups excluding tert-OH is 3. The van der Waals surface area contributed by atoms with Crippen LogP contribution in [0.3, 0.4) is 0 Å². The summed E-state index contributed by atoms with van der Waals surface area (Å²) in [5.41, 5.74) is 0.163. The van der Waals surface area contributed by atoms with Crippen molar-refractivity contribution in [1.82, 2.24) is 0 Å². The molecule has 1 saturated carbocycles. The Labute approximate surface area is 239 Å². The molecule has 0 bridgehead atoms. The number of nitrogens with zero attached hydrogens (tertiary/aromatic N) is 1. The van der Waals surface area contributed by atoms with Gasteiger partial charge in [-0.2, -0.15) is 0 Å². The zero-order valence-corrected chi connectivity index (χ0v) is 22.7. The molecule has 1 aliphatic carbocycles. The Morgan fingerprint density at radius 3 is 2.07 bits per heavy atom. The second kappa shape index (κ2) is 9.18. The lowest BCUT2D eigenvalue weighted by Crippen LogP contribution is -2.54. The van der Waals surface area contributed by atoms with Gasteiger partial charge in [0.05, 0.1) is 30.8 Å². The number of rotatable bonds is 5. The maximum atomic E-state index is 14.1. The van der Waals surface area contributed by atoms with Crippen LogP contribution < -0.4 is 26.5 Å². The third-order valence-electron chi connectivity index (χ3n) is 8.73. The van der Waals surface area contributed by atoms with E-state index in [-0.39, 0.29) is 25.4 Å². The van der Waals surface area contributed by atoms with Crippen LogP contribution in [0.25, 0.3) is 27.1 Å². The number of Topliss-reactive ketones (excluding diaryl/α,β-unsaturated/α-hetero) is 3. The van der Waals surface area contributed by atoms with Gasteiger partial charge in [0.15, 0.2) is 17.1 Å². The van der Waals surface area contributed by atoms with E-state index in [0.29, 0.717) is 55.5 Å². The zero-order chi connectivity index (χ0) is 29.4. The molecule has 2 atom stereocenters. The van der Waals surface area contributed by atoms with Crippen molar-refractivity contribution in [3.63, 3.8) is 0 Å². The van der Waals surface area contributed by atoms with Crippen LogP contribution in [-0.2, 0) is 14.4 Å². The van der Waals surface area contributed by atoms with E-state index in [0.717, 1.165) is 5.69 Å². The number of hydrogen-bond acceptors (Lipinski definition) is 10. The lowest BCUT2D eigenvalue weighted by atomic mass is 9.88. The monoisotopic (exact) mass is 564 g/mol. The van der Waals surface area contributed by atoms with E-state index >= 15 is 0 Å². The Morgan fingerprint density at radius 2 is 1.40 bits per heavy atom. The number of ketones is 3. The van der Waals surface area contributed by atoms with Gasteiger partial charge in [0.25, 0.3) is 0 Å². The minimum atomic E-state index is -1.31.